The van der Waals surface area contributed by atoms with Crippen LogP contribution >= 0.6 is 23.7 Å². The van der Waals surface area contributed by atoms with Gasteiger partial charge in [-0.3, -0.25) is 9.78 Å². The predicted molar refractivity (Wildman–Crippen MR) is 102 cm³/mol. The molecule has 25 heavy (non-hydrogen) atoms. The van der Waals surface area contributed by atoms with Crippen molar-refractivity contribution in [3.8, 4) is 27.7 Å². The van der Waals surface area contributed by atoms with Gasteiger partial charge in [-0.2, -0.15) is 0 Å². The molecule has 5 nitrogen and oxygen atoms in total. The van der Waals surface area contributed by atoms with E-state index in [-0.39, 0.29) is 18.3 Å². The van der Waals surface area contributed by atoms with E-state index in [9.17, 15) is 4.79 Å². The van der Waals surface area contributed by atoms with Crippen LogP contribution in [-0.4, -0.2) is 29.0 Å². The summed E-state index contributed by atoms with van der Waals surface area (Å²) >= 11 is 1.55. The fraction of sp³-hybridized carbons (Fsp3) is 0.167. The Bertz CT molecular complexity index is 914. The lowest BCUT2D eigenvalue weighted by Crippen LogP contribution is -2.41. The molecule has 0 saturated heterocycles. The second-order valence-corrected chi connectivity index (χ2v) is 6.45. The molecule has 1 amide bonds. The van der Waals surface area contributed by atoms with Crippen LogP contribution in [0.25, 0.3) is 22.0 Å². The van der Waals surface area contributed by atoms with Crippen molar-refractivity contribution >= 4 is 35.3 Å². The second kappa shape index (κ2) is 6.82. The number of ether oxygens (including phenoxy) is 1. The van der Waals surface area contributed by atoms with Gasteiger partial charge >= 0.3 is 0 Å². The first-order chi connectivity index (χ1) is 11.6. The van der Waals surface area contributed by atoms with Gasteiger partial charge in [0.2, 0.25) is 0 Å². The van der Waals surface area contributed by atoms with Crippen molar-refractivity contribution in [3.05, 3.63) is 48.0 Å². The second-order valence-electron chi connectivity index (χ2n) is 5.59. The third-order valence-electron chi connectivity index (χ3n) is 3.99. The van der Waals surface area contributed by atoms with Gasteiger partial charge in [0, 0.05) is 24.2 Å². The minimum absolute atomic E-state index is 0. The van der Waals surface area contributed by atoms with Gasteiger partial charge in [0.1, 0.15) is 10.8 Å². The van der Waals surface area contributed by atoms with Crippen LogP contribution < -0.4 is 9.64 Å². The maximum Gasteiger partial charge on any atom is 0.267 e. The number of benzene rings is 1. The molecule has 3 aromatic rings. The Hall–Kier alpha value is -2.44. The number of nitrogens with zero attached hydrogens (tertiary/aromatic N) is 3. The van der Waals surface area contributed by atoms with Crippen molar-refractivity contribution in [2.75, 3.05) is 11.9 Å². The van der Waals surface area contributed by atoms with E-state index in [4.69, 9.17) is 4.74 Å². The lowest BCUT2D eigenvalue weighted by atomic mass is 10.1. The van der Waals surface area contributed by atoms with E-state index in [2.05, 4.69) is 9.97 Å². The Labute approximate surface area is 155 Å². The van der Waals surface area contributed by atoms with Gasteiger partial charge in [0.05, 0.1) is 17.1 Å². The molecule has 2 aromatic heterocycles. The predicted octanol–water partition coefficient (Wildman–Crippen LogP) is 4.04. The number of fused-ring (bicyclic) bond motifs is 1. The van der Waals surface area contributed by atoms with E-state index < -0.39 is 6.10 Å². The number of hydrogen-bond acceptors (Lipinski definition) is 5. The minimum Gasteiger partial charge on any atom is -0.479 e. The van der Waals surface area contributed by atoms with Gasteiger partial charge in [-0.15, -0.1) is 23.7 Å². The largest absolute Gasteiger partial charge is 0.479 e. The van der Waals surface area contributed by atoms with Crippen LogP contribution in [0.15, 0.2) is 48.0 Å². The summed E-state index contributed by atoms with van der Waals surface area (Å²) in [6.45, 7) is 1.76. The summed E-state index contributed by atoms with van der Waals surface area (Å²) in [5.41, 5.74) is 3.44. The van der Waals surface area contributed by atoms with Gasteiger partial charge in [0.25, 0.3) is 5.91 Å². The first-order valence-electron chi connectivity index (χ1n) is 7.59. The molecule has 0 N–H and O–H groups in total. The van der Waals surface area contributed by atoms with Crippen molar-refractivity contribution in [1.82, 2.24) is 9.97 Å². The molecule has 0 aliphatic carbocycles. The molecule has 0 fully saturated rings. The van der Waals surface area contributed by atoms with E-state index in [1.807, 2.05) is 41.8 Å². The number of likely N-dealkylation sites (N-methyl/N-ethyl adjacent to an activating group) is 1. The Kier molecular flexibility index (Phi) is 4.74. The van der Waals surface area contributed by atoms with Gasteiger partial charge in [-0.1, -0.05) is 6.07 Å². The van der Waals surface area contributed by atoms with E-state index in [0.29, 0.717) is 5.75 Å². The molecule has 1 aliphatic heterocycles. The maximum atomic E-state index is 12.1. The molecule has 3 heterocycles. The lowest BCUT2D eigenvalue weighted by Gasteiger charge is -2.30. The summed E-state index contributed by atoms with van der Waals surface area (Å²) in [5, 5.41) is 2.87. The van der Waals surface area contributed by atoms with E-state index in [1.165, 1.54) is 0 Å². The smallest absolute Gasteiger partial charge is 0.267 e. The number of pyridine rings is 1. The molecule has 1 unspecified atom stereocenters. The van der Waals surface area contributed by atoms with Gasteiger partial charge in [-0.05, 0) is 37.3 Å². The Morgan fingerprint density at radius 3 is 2.80 bits per heavy atom. The van der Waals surface area contributed by atoms with Gasteiger partial charge in [0.15, 0.2) is 6.10 Å². The number of rotatable bonds is 2. The zero-order valence-electron chi connectivity index (χ0n) is 13.7. The normalized spacial score (nSPS) is 16.0. The average molecular weight is 374 g/mol. The molecule has 7 heteroatoms. The third kappa shape index (κ3) is 3.10. The molecule has 1 atom stereocenters. The summed E-state index contributed by atoms with van der Waals surface area (Å²) in [7, 11) is 1.77. The van der Waals surface area contributed by atoms with Gasteiger partial charge in [-0.25, -0.2) is 4.98 Å². The van der Waals surface area contributed by atoms with E-state index in [0.717, 1.165) is 27.6 Å². The first kappa shape index (κ1) is 17.4. The fourth-order valence-corrected chi connectivity index (χ4v) is 3.49. The topological polar surface area (TPSA) is 55.3 Å². The molecule has 0 spiro atoms. The zero-order valence-corrected chi connectivity index (χ0v) is 15.3. The Morgan fingerprint density at radius 2 is 2.04 bits per heavy atom. The molecule has 4 rings (SSSR count). The zero-order chi connectivity index (χ0) is 16.7. The van der Waals surface area contributed by atoms with Crippen LogP contribution in [0.5, 0.6) is 5.75 Å². The van der Waals surface area contributed by atoms with Crippen molar-refractivity contribution in [3.63, 3.8) is 0 Å². The van der Waals surface area contributed by atoms with Crippen LogP contribution in [0.3, 0.4) is 0 Å². The number of aromatic nitrogens is 2. The molecule has 1 aliphatic rings. The summed E-state index contributed by atoms with van der Waals surface area (Å²) in [5.74, 6) is 0.667. The average Bonchev–Trinajstić information content (AvgIpc) is 3.10. The molecule has 0 radical (unpaired) electrons. The fourth-order valence-electron chi connectivity index (χ4n) is 2.68. The number of hydrogen-bond donors (Lipinski definition) is 0. The minimum atomic E-state index is -0.455. The number of carbonyl (C=O) groups excluding carboxylic acids is 1. The monoisotopic (exact) mass is 373 g/mol. The third-order valence-corrected chi connectivity index (χ3v) is 4.85. The highest BCUT2D eigenvalue weighted by Gasteiger charge is 2.29. The first-order valence-corrected chi connectivity index (χ1v) is 8.47. The number of halogens is 1. The summed E-state index contributed by atoms with van der Waals surface area (Å²) in [6.07, 6.45) is 1.30. The molecule has 128 valence electrons. The Balaban J connectivity index is 0.00000182. The molecular weight excluding hydrogens is 358 g/mol. The standard InChI is InChI=1S/C18H15N3O2S.ClH/c1-11-18(22)21(2)15-9-12(6-7-16(15)23-11)14-10-24-17(20-14)13-5-3-4-8-19-13;/h3-11H,1-2H3;1H. The SMILES string of the molecule is CC1Oc2ccc(-c3csc(-c4ccccn4)n3)cc2N(C)C1=O.Cl. The molecular formula is C18H16ClN3O2S. The van der Waals surface area contributed by atoms with Crippen LogP contribution in [0.4, 0.5) is 5.69 Å². The highest BCUT2D eigenvalue weighted by Crippen LogP contribution is 2.37. The quantitative estimate of drug-likeness (QED) is 0.680. The van der Waals surface area contributed by atoms with Crippen molar-refractivity contribution in [2.24, 2.45) is 0 Å². The summed E-state index contributed by atoms with van der Waals surface area (Å²) in [6, 6.07) is 11.6. The van der Waals surface area contributed by atoms with Gasteiger partial charge < -0.3 is 9.64 Å². The number of thiazole rings is 1. The number of anilines is 1. The van der Waals surface area contributed by atoms with Crippen LogP contribution in [0, 0.1) is 0 Å². The summed E-state index contributed by atoms with van der Waals surface area (Å²) < 4.78 is 5.66. The maximum absolute atomic E-state index is 12.1. The molecule has 1 aromatic carbocycles. The van der Waals surface area contributed by atoms with Crippen LogP contribution in [0.1, 0.15) is 6.92 Å². The van der Waals surface area contributed by atoms with E-state index in [1.54, 1.807) is 36.4 Å². The highest BCUT2D eigenvalue weighted by atomic mass is 35.5. The highest BCUT2D eigenvalue weighted by molar-refractivity contribution is 7.13. The van der Waals surface area contributed by atoms with Crippen molar-refractivity contribution < 1.29 is 9.53 Å². The Morgan fingerprint density at radius 1 is 1.20 bits per heavy atom. The van der Waals surface area contributed by atoms with E-state index >= 15 is 0 Å². The summed E-state index contributed by atoms with van der Waals surface area (Å²) in [4.78, 5) is 22.7. The van der Waals surface area contributed by atoms with Crippen LogP contribution in [0.2, 0.25) is 0 Å². The number of amides is 1. The van der Waals surface area contributed by atoms with Crippen molar-refractivity contribution in [2.45, 2.75) is 13.0 Å². The lowest BCUT2D eigenvalue weighted by molar-refractivity contribution is -0.125. The van der Waals surface area contributed by atoms with Crippen LogP contribution in [-0.2, 0) is 4.79 Å². The van der Waals surface area contributed by atoms with Crippen molar-refractivity contribution in [1.29, 1.82) is 0 Å². The number of carbonyl (C=O) groups is 1. The molecule has 0 saturated carbocycles. The molecule has 0 bridgehead atoms.